The van der Waals surface area contributed by atoms with E-state index in [1.807, 2.05) is 43.7 Å². The summed E-state index contributed by atoms with van der Waals surface area (Å²) in [6.45, 7) is 6.09. The number of aldehydes is 1. The molecule has 3 heteroatoms. The van der Waals surface area contributed by atoms with Gasteiger partial charge in [-0.15, -0.1) is 0 Å². The highest BCUT2D eigenvalue weighted by molar-refractivity contribution is 5.99. The lowest BCUT2D eigenvalue weighted by Crippen LogP contribution is -2.09. The monoisotopic (exact) mass is 245 g/mol. The molecule has 2 rings (SSSR count). The minimum atomic E-state index is 0.187. The van der Waals surface area contributed by atoms with Gasteiger partial charge in [0.15, 0.2) is 6.29 Å². The quantitative estimate of drug-likeness (QED) is 0.772. The number of aryl methyl sites for hydroxylation is 1. The van der Waals surface area contributed by atoms with Gasteiger partial charge in [-0.3, -0.25) is 4.79 Å². The van der Waals surface area contributed by atoms with Gasteiger partial charge in [0.25, 0.3) is 0 Å². The van der Waals surface area contributed by atoms with Gasteiger partial charge in [-0.05, 0) is 38.5 Å². The first kappa shape index (κ1) is 12.7. The van der Waals surface area contributed by atoms with Crippen LogP contribution in [0.4, 0.5) is 0 Å². The summed E-state index contributed by atoms with van der Waals surface area (Å²) in [6, 6.07) is 5.92. The van der Waals surface area contributed by atoms with E-state index < -0.39 is 0 Å². The van der Waals surface area contributed by atoms with Crippen molar-refractivity contribution in [3.63, 3.8) is 0 Å². The molecule has 0 saturated carbocycles. The number of carbonyl (C=O) groups excluding carboxylic acids is 1. The third-order valence-corrected chi connectivity index (χ3v) is 3.54. The van der Waals surface area contributed by atoms with Gasteiger partial charge >= 0.3 is 0 Å². The molecule has 0 N–H and O–H groups in total. The minimum Gasteiger partial charge on any atom is -0.491 e. The molecule has 0 aliphatic rings. The van der Waals surface area contributed by atoms with Crippen molar-refractivity contribution in [3.05, 3.63) is 29.5 Å². The molecular weight excluding hydrogens is 226 g/mol. The molecule has 0 fully saturated rings. The van der Waals surface area contributed by atoms with E-state index in [-0.39, 0.29) is 6.10 Å². The third kappa shape index (κ3) is 2.01. The van der Waals surface area contributed by atoms with Crippen molar-refractivity contribution < 1.29 is 9.53 Å². The molecule has 1 heterocycles. The van der Waals surface area contributed by atoms with Crippen molar-refractivity contribution in [1.82, 2.24) is 4.57 Å². The molecule has 1 aromatic carbocycles. The van der Waals surface area contributed by atoms with Crippen LogP contribution in [-0.4, -0.2) is 17.0 Å². The molecule has 2 aromatic rings. The van der Waals surface area contributed by atoms with Crippen LogP contribution < -0.4 is 4.74 Å². The summed E-state index contributed by atoms with van der Waals surface area (Å²) in [6.07, 6.45) is 2.07. The molecule has 3 nitrogen and oxygen atoms in total. The number of fused-ring (bicyclic) bond motifs is 1. The van der Waals surface area contributed by atoms with Crippen molar-refractivity contribution in [2.75, 3.05) is 0 Å². The van der Waals surface area contributed by atoms with Crippen LogP contribution in [0, 0.1) is 6.92 Å². The van der Waals surface area contributed by atoms with Crippen LogP contribution in [0.5, 0.6) is 5.75 Å². The highest BCUT2D eigenvalue weighted by atomic mass is 16.5. The standard InChI is InChI=1S/C15H19NO2/c1-5-10(2)18-12-6-7-15-13(8-12)14(9-17)11(3)16(15)4/h6-10H,5H2,1-4H3/t10-/m0/s1. The summed E-state index contributed by atoms with van der Waals surface area (Å²) in [5.74, 6) is 0.825. The molecular formula is C15H19NO2. The number of nitrogens with zero attached hydrogens (tertiary/aromatic N) is 1. The highest BCUT2D eigenvalue weighted by Crippen LogP contribution is 2.28. The predicted molar refractivity (Wildman–Crippen MR) is 73.4 cm³/mol. The predicted octanol–water partition coefficient (Wildman–Crippen LogP) is 3.48. The van der Waals surface area contributed by atoms with Crippen molar-refractivity contribution in [3.8, 4) is 5.75 Å². The first-order chi connectivity index (χ1) is 8.58. The zero-order chi connectivity index (χ0) is 13.3. The second kappa shape index (κ2) is 4.84. The van der Waals surface area contributed by atoms with Crippen LogP contribution in [-0.2, 0) is 7.05 Å². The fourth-order valence-corrected chi connectivity index (χ4v) is 2.12. The van der Waals surface area contributed by atoms with E-state index in [1.54, 1.807) is 0 Å². The summed E-state index contributed by atoms with van der Waals surface area (Å²) >= 11 is 0. The van der Waals surface area contributed by atoms with Gasteiger partial charge in [-0.2, -0.15) is 0 Å². The van der Waals surface area contributed by atoms with Crippen LogP contribution in [0.15, 0.2) is 18.2 Å². The van der Waals surface area contributed by atoms with Crippen molar-refractivity contribution >= 4 is 17.2 Å². The summed E-state index contributed by atoms with van der Waals surface area (Å²) in [5, 5.41) is 0.964. The summed E-state index contributed by atoms with van der Waals surface area (Å²) in [4.78, 5) is 11.2. The zero-order valence-corrected chi connectivity index (χ0v) is 11.4. The molecule has 0 aliphatic heterocycles. The Hall–Kier alpha value is -1.77. The maximum absolute atomic E-state index is 11.2. The van der Waals surface area contributed by atoms with E-state index in [1.165, 1.54) is 0 Å². The van der Waals surface area contributed by atoms with E-state index in [4.69, 9.17) is 4.74 Å². The van der Waals surface area contributed by atoms with Crippen LogP contribution in [0.1, 0.15) is 36.3 Å². The number of hydrogen-bond donors (Lipinski definition) is 0. The maximum Gasteiger partial charge on any atom is 0.152 e. The Bertz CT molecular complexity index is 584. The number of rotatable bonds is 4. The number of benzene rings is 1. The number of carbonyl (C=O) groups is 1. The minimum absolute atomic E-state index is 0.187. The van der Waals surface area contributed by atoms with Gasteiger partial charge < -0.3 is 9.30 Å². The molecule has 18 heavy (non-hydrogen) atoms. The smallest absolute Gasteiger partial charge is 0.152 e. The number of ether oxygens (including phenoxy) is 1. The molecule has 96 valence electrons. The van der Waals surface area contributed by atoms with Gasteiger partial charge in [0, 0.05) is 29.2 Å². The summed E-state index contributed by atoms with van der Waals surface area (Å²) in [7, 11) is 1.97. The van der Waals surface area contributed by atoms with Gasteiger partial charge in [0.1, 0.15) is 5.75 Å². The normalized spacial score (nSPS) is 12.7. The molecule has 0 amide bonds. The summed E-state index contributed by atoms with van der Waals surface area (Å²) < 4.78 is 7.83. The van der Waals surface area contributed by atoms with E-state index >= 15 is 0 Å². The fraction of sp³-hybridized carbons (Fsp3) is 0.400. The molecule has 0 aliphatic carbocycles. The molecule has 0 bridgehead atoms. The first-order valence-corrected chi connectivity index (χ1v) is 6.29. The largest absolute Gasteiger partial charge is 0.491 e. The van der Waals surface area contributed by atoms with E-state index in [9.17, 15) is 4.79 Å². The van der Waals surface area contributed by atoms with Crippen LogP contribution >= 0.6 is 0 Å². The van der Waals surface area contributed by atoms with Crippen LogP contribution in [0.3, 0.4) is 0 Å². The molecule has 1 atom stereocenters. The second-order valence-corrected chi connectivity index (χ2v) is 4.69. The Morgan fingerprint density at radius 3 is 2.78 bits per heavy atom. The van der Waals surface area contributed by atoms with Gasteiger partial charge in [0.05, 0.1) is 6.10 Å². The fourth-order valence-electron chi connectivity index (χ4n) is 2.12. The Balaban J connectivity index is 2.53. The molecule has 0 spiro atoms. The van der Waals surface area contributed by atoms with Crippen LogP contribution in [0.2, 0.25) is 0 Å². The Morgan fingerprint density at radius 2 is 2.17 bits per heavy atom. The Labute approximate surface area is 107 Å². The Kier molecular flexibility index (Phi) is 3.41. The number of aromatic nitrogens is 1. The molecule has 0 radical (unpaired) electrons. The lowest BCUT2D eigenvalue weighted by molar-refractivity contribution is 0.112. The first-order valence-electron chi connectivity index (χ1n) is 6.29. The molecule has 0 saturated heterocycles. The SMILES string of the molecule is CC[C@H](C)Oc1ccc2c(c1)c(C=O)c(C)n2C. The van der Waals surface area contributed by atoms with E-state index in [2.05, 4.69) is 6.92 Å². The molecule has 1 aromatic heterocycles. The Morgan fingerprint density at radius 1 is 1.44 bits per heavy atom. The highest BCUT2D eigenvalue weighted by Gasteiger charge is 2.12. The van der Waals surface area contributed by atoms with E-state index in [0.29, 0.717) is 0 Å². The van der Waals surface area contributed by atoms with Gasteiger partial charge in [0.2, 0.25) is 0 Å². The van der Waals surface area contributed by atoms with Crippen LogP contribution in [0.25, 0.3) is 10.9 Å². The van der Waals surface area contributed by atoms with Gasteiger partial charge in [-0.25, -0.2) is 0 Å². The number of hydrogen-bond acceptors (Lipinski definition) is 2. The molecule has 0 unspecified atom stereocenters. The average molecular weight is 245 g/mol. The lowest BCUT2D eigenvalue weighted by Gasteiger charge is -2.12. The van der Waals surface area contributed by atoms with Gasteiger partial charge in [-0.1, -0.05) is 6.92 Å². The van der Waals surface area contributed by atoms with Crippen molar-refractivity contribution in [2.45, 2.75) is 33.3 Å². The maximum atomic E-state index is 11.2. The topological polar surface area (TPSA) is 31.2 Å². The van der Waals surface area contributed by atoms with E-state index in [0.717, 1.165) is 40.6 Å². The van der Waals surface area contributed by atoms with Crippen molar-refractivity contribution in [1.29, 1.82) is 0 Å². The lowest BCUT2D eigenvalue weighted by atomic mass is 10.1. The average Bonchev–Trinajstić information content (AvgIpc) is 2.61. The zero-order valence-electron chi connectivity index (χ0n) is 11.4. The third-order valence-electron chi connectivity index (χ3n) is 3.54. The second-order valence-electron chi connectivity index (χ2n) is 4.69. The summed E-state index contributed by atoms with van der Waals surface area (Å²) in [5.41, 5.74) is 2.80. The van der Waals surface area contributed by atoms with Crippen molar-refractivity contribution in [2.24, 2.45) is 7.05 Å².